The summed E-state index contributed by atoms with van der Waals surface area (Å²) in [7, 11) is 0. The van der Waals surface area contributed by atoms with Gasteiger partial charge in [-0.1, -0.05) is 0 Å². The van der Waals surface area contributed by atoms with E-state index in [9.17, 15) is 0 Å². The molecule has 0 aromatic carbocycles. The molecular formula is C18H26N4O. The van der Waals surface area contributed by atoms with Crippen LogP contribution >= 0.6 is 0 Å². The Balaban J connectivity index is 1.42. The molecule has 0 amide bonds. The minimum Gasteiger partial charge on any atom is -0.376 e. The first-order valence-corrected chi connectivity index (χ1v) is 9.30. The van der Waals surface area contributed by atoms with E-state index in [1.807, 2.05) is 6.92 Å². The molecule has 2 aliphatic carbocycles. The zero-order chi connectivity index (χ0) is 15.4. The predicted molar refractivity (Wildman–Crippen MR) is 88.6 cm³/mol. The average Bonchev–Trinajstić information content (AvgIpc) is 3.25. The molecule has 23 heavy (non-hydrogen) atoms. The Labute approximate surface area is 137 Å². The topological polar surface area (TPSA) is 50.3 Å². The number of aromatic nitrogens is 2. The fourth-order valence-electron chi connectivity index (χ4n) is 5.18. The number of hydrogen-bond donors (Lipinski definition) is 1. The molecule has 2 saturated heterocycles. The summed E-state index contributed by atoms with van der Waals surface area (Å²) in [5.41, 5.74) is 2.65. The van der Waals surface area contributed by atoms with E-state index in [1.54, 1.807) is 0 Å². The lowest BCUT2D eigenvalue weighted by molar-refractivity contribution is -0.0604. The second-order valence-electron chi connectivity index (χ2n) is 7.59. The van der Waals surface area contributed by atoms with Crippen molar-refractivity contribution in [3.63, 3.8) is 0 Å². The Morgan fingerprint density at radius 3 is 2.87 bits per heavy atom. The summed E-state index contributed by atoms with van der Waals surface area (Å²) in [6.45, 7) is 5.41. The maximum absolute atomic E-state index is 6.05. The summed E-state index contributed by atoms with van der Waals surface area (Å²) in [6.07, 6.45) is 7.77. The van der Waals surface area contributed by atoms with Gasteiger partial charge in [-0.3, -0.25) is 4.90 Å². The Morgan fingerprint density at radius 2 is 2.00 bits per heavy atom. The van der Waals surface area contributed by atoms with E-state index in [0.29, 0.717) is 24.1 Å². The highest BCUT2D eigenvalue weighted by Crippen LogP contribution is 2.44. The molecule has 5 rings (SSSR count). The van der Waals surface area contributed by atoms with Crippen LogP contribution < -0.4 is 5.32 Å². The molecule has 5 heteroatoms. The van der Waals surface area contributed by atoms with Crippen molar-refractivity contribution in [1.29, 1.82) is 0 Å². The fraction of sp³-hybridized carbons (Fsp3) is 0.778. The van der Waals surface area contributed by atoms with Crippen LogP contribution in [0, 0.1) is 12.8 Å². The second-order valence-corrected chi connectivity index (χ2v) is 7.59. The molecular weight excluding hydrogens is 288 g/mol. The number of likely N-dealkylation sites (tertiary alicyclic amines) is 1. The normalized spacial score (nSPS) is 35.9. The number of fused-ring (bicyclic) bond motifs is 2. The summed E-state index contributed by atoms with van der Waals surface area (Å²) >= 11 is 0. The van der Waals surface area contributed by atoms with Crippen molar-refractivity contribution in [2.45, 2.75) is 63.6 Å². The molecule has 0 radical (unpaired) electrons. The van der Waals surface area contributed by atoms with Gasteiger partial charge in [-0.05, 0) is 58.5 Å². The molecule has 124 valence electrons. The number of rotatable bonds is 3. The van der Waals surface area contributed by atoms with Crippen molar-refractivity contribution in [3.8, 4) is 0 Å². The Kier molecular flexibility index (Phi) is 3.34. The van der Waals surface area contributed by atoms with E-state index in [0.717, 1.165) is 31.1 Å². The first-order valence-electron chi connectivity index (χ1n) is 9.30. The standard InChI is InChI=1S/C18H26N4O/c1-11-19-14-6-4-5-12(14)18(20-11)21-15-13-7-10-23-17(13)16(15)22-8-2-3-9-22/h13,15-17H,2-10H2,1H3,(H,19,20,21)/t13-,15+,16-,17-/m1/s1. The molecule has 3 fully saturated rings. The number of aryl methyl sites for hydroxylation is 2. The van der Waals surface area contributed by atoms with E-state index in [4.69, 9.17) is 9.72 Å². The monoisotopic (exact) mass is 314 g/mol. The van der Waals surface area contributed by atoms with E-state index in [1.165, 1.54) is 50.0 Å². The summed E-state index contributed by atoms with van der Waals surface area (Å²) in [6, 6.07) is 1.04. The van der Waals surface area contributed by atoms with Crippen LogP contribution in [-0.4, -0.2) is 52.8 Å². The summed E-state index contributed by atoms with van der Waals surface area (Å²) in [4.78, 5) is 12.1. The molecule has 0 spiro atoms. The highest BCUT2D eigenvalue weighted by Gasteiger charge is 2.56. The quantitative estimate of drug-likeness (QED) is 0.924. The van der Waals surface area contributed by atoms with Crippen molar-refractivity contribution < 1.29 is 4.74 Å². The van der Waals surface area contributed by atoms with Crippen molar-refractivity contribution in [1.82, 2.24) is 14.9 Å². The molecule has 1 saturated carbocycles. The van der Waals surface area contributed by atoms with Crippen LogP contribution in [0.1, 0.15) is 42.8 Å². The van der Waals surface area contributed by atoms with Gasteiger partial charge in [0, 0.05) is 23.8 Å². The third-order valence-electron chi connectivity index (χ3n) is 6.26. The third kappa shape index (κ3) is 2.20. The Morgan fingerprint density at radius 1 is 1.13 bits per heavy atom. The molecule has 2 aliphatic heterocycles. The number of nitrogens with one attached hydrogen (secondary N) is 1. The SMILES string of the molecule is Cc1nc2c(c(N[C@H]3[C@H]4CCO[C@H]4[C@@H]3N3CCCC3)n1)CCC2. The Hall–Kier alpha value is -1.20. The zero-order valence-corrected chi connectivity index (χ0v) is 13.9. The minimum atomic E-state index is 0.446. The summed E-state index contributed by atoms with van der Waals surface area (Å²) in [5, 5.41) is 3.85. The van der Waals surface area contributed by atoms with Crippen LogP contribution in [0.4, 0.5) is 5.82 Å². The molecule has 0 bridgehead atoms. The average molecular weight is 314 g/mol. The van der Waals surface area contributed by atoms with E-state index < -0.39 is 0 Å². The predicted octanol–water partition coefficient (Wildman–Crippen LogP) is 1.94. The fourth-order valence-corrected chi connectivity index (χ4v) is 5.18. The molecule has 0 unspecified atom stereocenters. The highest BCUT2D eigenvalue weighted by atomic mass is 16.5. The maximum atomic E-state index is 6.05. The molecule has 1 N–H and O–H groups in total. The second kappa shape index (κ2) is 5.42. The van der Waals surface area contributed by atoms with Crippen molar-refractivity contribution in [3.05, 3.63) is 17.1 Å². The number of nitrogens with zero attached hydrogens (tertiary/aromatic N) is 3. The van der Waals surface area contributed by atoms with Gasteiger partial charge in [-0.25, -0.2) is 9.97 Å². The van der Waals surface area contributed by atoms with Crippen LogP contribution in [0.25, 0.3) is 0 Å². The maximum Gasteiger partial charge on any atom is 0.133 e. The largest absolute Gasteiger partial charge is 0.376 e. The van der Waals surface area contributed by atoms with Crippen LogP contribution in [0.5, 0.6) is 0 Å². The molecule has 4 atom stereocenters. The summed E-state index contributed by atoms with van der Waals surface area (Å²) in [5.74, 6) is 2.68. The van der Waals surface area contributed by atoms with Gasteiger partial charge in [-0.15, -0.1) is 0 Å². The molecule has 1 aromatic heterocycles. The van der Waals surface area contributed by atoms with E-state index in [2.05, 4.69) is 15.2 Å². The summed E-state index contributed by atoms with van der Waals surface area (Å²) < 4.78 is 6.05. The number of ether oxygens (including phenoxy) is 1. The molecule has 5 nitrogen and oxygen atoms in total. The van der Waals surface area contributed by atoms with Crippen molar-refractivity contribution >= 4 is 5.82 Å². The Bertz CT molecular complexity index is 609. The number of anilines is 1. The highest BCUT2D eigenvalue weighted by molar-refractivity contribution is 5.50. The number of hydrogen-bond acceptors (Lipinski definition) is 5. The van der Waals surface area contributed by atoms with Crippen LogP contribution in [-0.2, 0) is 17.6 Å². The smallest absolute Gasteiger partial charge is 0.133 e. The zero-order valence-electron chi connectivity index (χ0n) is 13.9. The van der Waals surface area contributed by atoms with E-state index >= 15 is 0 Å². The van der Waals surface area contributed by atoms with Crippen LogP contribution in [0.3, 0.4) is 0 Å². The van der Waals surface area contributed by atoms with Gasteiger partial charge >= 0.3 is 0 Å². The minimum absolute atomic E-state index is 0.446. The van der Waals surface area contributed by atoms with Crippen molar-refractivity contribution in [2.75, 3.05) is 25.0 Å². The lowest BCUT2D eigenvalue weighted by Gasteiger charge is -2.52. The first-order chi connectivity index (χ1) is 11.3. The van der Waals surface area contributed by atoms with Gasteiger partial charge in [0.25, 0.3) is 0 Å². The van der Waals surface area contributed by atoms with Gasteiger partial charge in [0.05, 0.1) is 18.2 Å². The molecule has 3 heterocycles. The van der Waals surface area contributed by atoms with Crippen molar-refractivity contribution in [2.24, 2.45) is 5.92 Å². The van der Waals surface area contributed by atoms with Gasteiger partial charge in [0.15, 0.2) is 0 Å². The van der Waals surface area contributed by atoms with E-state index in [-0.39, 0.29) is 0 Å². The lowest BCUT2D eigenvalue weighted by Crippen LogP contribution is -2.67. The van der Waals surface area contributed by atoms with Crippen LogP contribution in [0.15, 0.2) is 0 Å². The van der Waals surface area contributed by atoms with Gasteiger partial charge in [0.1, 0.15) is 11.6 Å². The van der Waals surface area contributed by atoms with Crippen LogP contribution in [0.2, 0.25) is 0 Å². The van der Waals surface area contributed by atoms with Gasteiger partial charge in [-0.2, -0.15) is 0 Å². The first kappa shape index (κ1) is 14.2. The third-order valence-corrected chi connectivity index (χ3v) is 6.26. The lowest BCUT2D eigenvalue weighted by atomic mass is 9.70. The van der Waals surface area contributed by atoms with Gasteiger partial charge in [0.2, 0.25) is 0 Å². The van der Waals surface area contributed by atoms with Gasteiger partial charge < -0.3 is 10.1 Å². The molecule has 4 aliphatic rings. The molecule has 1 aromatic rings.